The number of hydrogen-bond acceptors (Lipinski definition) is 12. The van der Waals surface area contributed by atoms with Crippen molar-refractivity contribution >= 4 is 94.5 Å². The lowest BCUT2D eigenvalue weighted by atomic mass is 10.0. The fourth-order valence-electron chi connectivity index (χ4n) is 12.4. The zero-order chi connectivity index (χ0) is 66.6. The molecule has 0 aliphatic heterocycles. The van der Waals surface area contributed by atoms with Gasteiger partial charge in [0.15, 0.2) is 0 Å². The number of nitrogens with zero attached hydrogens (tertiary/aromatic N) is 9. The molecule has 0 saturated carbocycles. The number of thiophene rings is 3. The van der Waals surface area contributed by atoms with Crippen molar-refractivity contribution in [1.82, 2.24) is 29.9 Å². The third-order valence-electron chi connectivity index (χ3n) is 17.4. The first-order chi connectivity index (χ1) is 48.8. The van der Waals surface area contributed by atoms with E-state index in [1.165, 1.54) is 93.9 Å². The molecule has 18 rings (SSSR count). The predicted octanol–water partition coefficient (Wildman–Crippen LogP) is 23.2. The zero-order valence-corrected chi connectivity index (χ0v) is 55.1. The van der Waals surface area contributed by atoms with Gasteiger partial charge in [-0.3, -0.25) is 15.0 Å². The molecule has 0 saturated heterocycles. The molecule has 462 valence electrons. The highest BCUT2D eigenvalue weighted by Gasteiger charge is 2.15. The average Bonchev–Trinajstić information content (AvgIpc) is 1.90. The van der Waals surface area contributed by atoms with E-state index in [1.807, 2.05) is 113 Å². The second kappa shape index (κ2) is 27.0. The molecule has 9 nitrogen and oxygen atoms in total. The van der Waals surface area contributed by atoms with Gasteiger partial charge in [0, 0.05) is 119 Å². The van der Waals surface area contributed by atoms with E-state index < -0.39 is 0 Å². The Kier molecular flexibility index (Phi) is 16.6. The van der Waals surface area contributed by atoms with Gasteiger partial charge in [0.2, 0.25) is 0 Å². The van der Waals surface area contributed by atoms with Gasteiger partial charge < -0.3 is 0 Å². The summed E-state index contributed by atoms with van der Waals surface area (Å²) in [6.45, 7) is 0. The number of nitriles is 3. The molecule has 9 aromatic carbocycles. The minimum atomic E-state index is 0.390. The first kappa shape index (κ1) is 60.9. The van der Waals surface area contributed by atoms with Gasteiger partial charge in [-0.05, 0) is 136 Å². The highest BCUT2D eigenvalue weighted by Crippen LogP contribution is 2.42. The maximum Gasteiger partial charge on any atom is 0.141 e. The van der Waals surface area contributed by atoms with Crippen LogP contribution in [0.1, 0.15) is 16.8 Å². The molecule has 0 unspecified atom stereocenters. The van der Waals surface area contributed by atoms with Crippen molar-refractivity contribution in [2.45, 2.75) is 0 Å². The molecule has 0 bridgehead atoms. The number of hydrogen-bond donors (Lipinski definition) is 0. The van der Waals surface area contributed by atoms with Gasteiger partial charge in [0.25, 0.3) is 0 Å². The Bertz CT molecular complexity index is 5970. The van der Waals surface area contributed by atoms with E-state index in [4.69, 9.17) is 20.5 Å². The van der Waals surface area contributed by atoms with Crippen molar-refractivity contribution in [2.75, 3.05) is 0 Å². The van der Waals surface area contributed by atoms with Gasteiger partial charge in [-0.1, -0.05) is 182 Å². The van der Waals surface area contributed by atoms with Crippen LogP contribution in [-0.4, -0.2) is 29.9 Å². The van der Waals surface area contributed by atoms with Crippen LogP contribution in [0.5, 0.6) is 0 Å². The number of aromatic nitrogens is 6. The van der Waals surface area contributed by atoms with Crippen LogP contribution in [0.2, 0.25) is 0 Å². The van der Waals surface area contributed by atoms with Crippen molar-refractivity contribution in [3.8, 4) is 119 Å². The first-order valence-electron chi connectivity index (χ1n) is 31.9. The largest absolute Gasteiger partial charge is 0.263 e. The van der Waals surface area contributed by atoms with Crippen molar-refractivity contribution < 1.29 is 0 Å². The summed E-state index contributed by atoms with van der Waals surface area (Å²) in [5.41, 5.74) is 19.9. The Morgan fingerprint density at radius 2 is 0.626 bits per heavy atom. The molecule has 0 aliphatic rings. The topological polar surface area (TPSA) is 149 Å². The molecular weight excluding hydrogens is 1270 g/mol. The van der Waals surface area contributed by atoms with Crippen LogP contribution < -0.4 is 0 Å². The molecule has 0 N–H and O–H groups in total. The minimum Gasteiger partial charge on any atom is -0.263 e. The van der Waals surface area contributed by atoms with Crippen LogP contribution in [-0.2, 0) is 0 Å². The van der Waals surface area contributed by atoms with Crippen LogP contribution in [0.3, 0.4) is 0 Å². The lowest BCUT2D eigenvalue weighted by Crippen LogP contribution is -1.89. The summed E-state index contributed by atoms with van der Waals surface area (Å²) >= 11 is 5.45. The van der Waals surface area contributed by atoms with Crippen LogP contribution in [0, 0.1) is 34.0 Å². The van der Waals surface area contributed by atoms with Crippen LogP contribution >= 0.6 is 34.0 Å². The Morgan fingerprint density at radius 1 is 0.232 bits per heavy atom. The van der Waals surface area contributed by atoms with Gasteiger partial charge in [0.1, 0.15) is 17.8 Å². The molecule has 18 aromatic rings. The fourth-order valence-corrected chi connectivity index (χ4v) is 16.0. The summed E-state index contributed by atoms with van der Waals surface area (Å²) < 4.78 is 7.61. The van der Waals surface area contributed by atoms with Gasteiger partial charge >= 0.3 is 0 Å². The quantitative estimate of drug-likeness (QED) is 0.138. The second-order valence-electron chi connectivity index (χ2n) is 23.6. The Morgan fingerprint density at radius 3 is 1.05 bits per heavy atom. The van der Waals surface area contributed by atoms with Gasteiger partial charge in [-0.15, -0.1) is 34.0 Å². The van der Waals surface area contributed by atoms with E-state index in [0.717, 1.165) is 61.9 Å². The maximum atomic E-state index is 9.17. The Hall–Kier alpha value is -13.0. The van der Waals surface area contributed by atoms with Gasteiger partial charge in [-0.25, -0.2) is 15.0 Å². The predicted molar refractivity (Wildman–Crippen MR) is 408 cm³/mol. The summed E-state index contributed by atoms with van der Waals surface area (Å²) in [6, 6.07) is 103. The summed E-state index contributed by atoms with van der Waals surface area (Å²) in [4.78, 5) is 26.9. The normalized spacial score (nSPS) is 11.0. The van der Waals surface area contributed by atoms with Crippen LogP contribution in [0.25, 0.3) is 161 Å². The van der Waals surface area contributed by atoms with Crippen molar-refractivity contribution in [3.05, 3.63) is 327 Å². The number of pyridine rings is 6. The molecule has 0 aliphatic carbocycles. The van der Waals surface area contributed by atoms with Crippen molar-refractivity contribution in [2.24, 2.45) is 0 Å². The molecule has 9 heterocycles. The third-order valence-corrected chi connectivity index (χ3v) is 20.8. The smallest absolute Gasteiger partial charge is 0.141 e. The number of fused-ring (bicyclic) bond motifs is 9. The molecule has 12 heteroatoms. The molecule has 0 atom stereocenters. The molecule has 0 fully saturated rings. The van der Waals surface area contributed by atoms with Crippen molar-refractivity contribution in [1.29, 1.82) is 15.8 Å². The summed E-state index contributed by atoms with van der Waals surface area (Å²) in [6.07, 6.45) is 8.47. The highest BCUT2D eigenvalue weighted by atomic mass is 32.1. The Balaban J connectivity index is 0.000000116. The highest BCUT2D eigenvalue weighted by molar-refractivity contribution is 7.26. The maximum absolute atomic E-state index is 9.17. The van der Waals surface area contributed by atoms with Gasteiger partial charge in [0.05, 0.1) is 51.4 Å². The van der Waals surface area contributed by atoms with Crippen molar-refractivity contribution in [3.63, 3.8) is 0 Å². The van der Waals surface area contributed by atoms with E-state index in [0.29, 0.717) is 22.5 Å². The monoisotopic (exact) mass is 1320 g/mol. The van der Waals surface area contributed by atoms with E-state index in [2.05, 4.69) is 226 Å². The summed E-state index contributed by atoms with van der Waals surface area (Å²) in [7, 11) is 0. The standard InChI is InChI=1S/3C29H17N3S/c30-16-19-13-23(18-31-17-19)27-8-4-7-26(32-27)22-10-12-25-24-11-9-21(20-5-2-1-3-6-20)14-28(24)33-29(25)15-22;30-18-23-15-22(13-14-31-23)27-8-4-7-26(32-27)21-10-12-25-24-11-9-20(19-5-2-1-3-6-19)16-28(24)33-29(25)17-21;30-17-19-12-13-31-27(14-19)26-11-8-23(18-32-26)22-7-10-25-24-9-6-21(20-4-2-1-3-5-20)15-28(24)33-29(25)16-22/h1-15,17-18H;1-17H;1-16,18H. The minimum absolute atomic E-state index is 0.390. The molecule has 99 heavy (non-hydrogen) atoms. The molecular formula is C87H51N9S3. The lowest BCUT2D eigenvalue weighted by Gasteiger charge is -2.06. The molecule has 0 radical (unpaired) electrons. The molecule has 9 aromatic heterocycles. The van der Waals surface area contributed by atoms with Crippen LogP contribution in [0.4, 0.5) is 0 Å². The van der Waals surface area contributed by atoms with Gasteiger partial charge in [-0.2, -0.15) is 15.8 Å². The van der Waals surface area contributed by atoms with E-state index in [9.17, 15) is 5.26 Å². The Labute approximate surface area is 582 Å². The SMILES string of the molecule is N#Cc1cc(-c2cccc(-c3ccc4c(c3)sc3cc(-c5ccccc5)ccc34)n2)ccn1.N#Cc1ccnc(-c2ccc(-c3ccc4c(c3)sc3cc(-c5ccccc5)ccc34)cn2)c1.N#Cc1cncc(-c2cccc(-c3ccc4c(c3)sc3cc(-c5ccccc5)ccc34)n2)c1. The third kappa shape index (κ3) is 12.7. The first-order valence-corrected chi connectivity index (χ1v) is 34.4. The van der Waals surface area contributed by atoms with E-state index in [1.54, 1.807) is 43.0 Å². The summed E-state index contributed by atoms with van der Waals surface area (Å²) in [5, 5.41) is 35.1. The summed E-state index contributed by atoms with van der Waals surface area (Å²) in [5.74, 6) is 0. The van der Waals surface area contributed by atoms with E-state index >= 15 is 0 Å². The number of benzene rings is 9. The fraction of sp³-hybridized carbons (Fsp3) is 0. The van der Waals surface area contributed by atoms with Crippen LogP contribution in [0.15, 0.2) is 310 Å². The average molecular weight is 1320 g/mol. The molecule has 0 spiro atoms. The second-order valence-corrected chi connectivity index (χ2v) is 26.8. The molecule has 0 amide bonds. The lowest BCUT2D eigenvalue weighted by molar-refractivity contribution is 1.24. The zero-order valence-electron chi connectivity index (χ0n) is 52.7. The number of rotatable bonds is 9. The van der Waals surface area contributed by atoms with E-state index in [-0.39, 0.29) is 0 Å².